The Bertz CT molecular complexity index is 177. The number of hydrogen-bond donors (Lipinski definition) is 0. The molecule has 0 aromatic carbocycles. The molecular weight excluding hydrogens is 326 g/mol. The number of halogens is 1. The molecule has 0 aliphatic rings. The van der Waals surface area contributed by atoms with Crippen LogP contribution in [0.5, 0.6) is 0 Å². The number of hydroxylamine groups is 2. The molecule has 0 N–H and O–H groups in total. The third-order valence-corrected chi connectivity index (χ3v) is 3.85. The first kappa shape index (κ1) is 23.7. The minimum absolute atomic E-state index is 0. The fourth-order valence-electron chi connectivity index (χ4n) is 2.54. The summed E-state index contributed by atoms with van der Waals surface area (Å²) in [6, 6.07) is 0. The second-order valence-electron chi connectivity index (χ2n) is 6.24. The molecule has 0 aromatic rings. The van der Waals surface area contributed by atoms with Crippen molar-refractivity contribution in [2.45, 2.75) is 96.8 Å². The summed E-state index contributed by atoms with van der Waals surface area (Å²) >= 11 is 0. The Morgan fingerprint density at radius 1 is 0.571 bits per heavy atom. The number of rotatable bonds is 16. The molecule has 130 valence electrons. The Morgan fingerprint density at radius 3 is 1.24 bits per heavy atom. The molecule has 3 heteroatoms. The van der Waals surface area contributed by atoms with Gasteiger partial charge in [0, 0.05) is 14.1 Å². The van der Waals surface area contributed by atoms with Crippen molar-refractivity contribution in [2.75, 3.05) is 20.7 Å². The minimum Gasteiger partial charge on any atom is -0.300 e. The number of nitrogens with zero attached hydrogens (tertiary/aromatic N) is 1. The van der Waals surface area contributed by atoms with E-state index in [1.165, 1.54) is 89.9 Å². The van der Waals surface area contributed by atoms with Crippen LogP contribution in [0.15, 0.2) is 0 Å². The molecule has 2 nitrogen and oxygen atoms in total. The normalized spacial score (nSPS) is 10.9. The van der Waals surface area contributed by atoms with Crippen molar-refractivity contribution < 1.29 is 4.84 Å². The topological polar surface area (TPSA) is 12.5 Å². The summed E-state index contributed by atoms with van der Waals surface area (Å²) in [5.41, 5.74) is 0. The second-order valence-corrected chi connectivity index (χ2v) is 6.24. The molecule has 0 saturated carbocycles. The van der Waals surface area contributed by atoms with E-state index < -0.39 is 0 Å². The molecule has 0 unspecified atom stereocenters. The molecule has 0 saturated heterocycles. The average Bonchev–Trinajstić information content (AvgIpc) is 2.43. The van der Waals surface area contributed by atoms with E-state index in [4.69, 9.17) is 4.84 Å². The predicted molar refractivity (Wildman–Crippen MR) is 100 cm³/mol. The predicted octanol–water partition coefficient (Wildman–Crippen LogP) is 6.54. The molecule has 0 heterocycles. The van der Waals surface area contributed by atoms with Crippen LogP contribution in [0.1, 0.15) is 96.8 Å². The van der Waals surface area contributed by atoms with Gasteiger partial charge in [0.05, 0.1) is 6.61 Å². The van der Waals surface area contributed by atoms with E-state index in [2.05, 4.69) is 6.92 Å². The Balaban J connectivity index is 0. The third kappa shape index (κ3) is 22.8. The Hall–Kier alpha value is 0.400. The van der Waals surface area contributed by atoms with Gasteiger partial charge >= 0.3 is 0 Å². The lowest BCUT2D eigenvalue weighted by Crippen LogP contribution is -2.13. The third-order valence-electron chi connectivity index (χ3n) is 3.85. The zero-order chi connectivity index (χ0) is 14.9. The van der Waals surface area contributed by atoms with Gasteiger partial charge in [0.2, 0.25) is 0 Å². The van der Waals surface area contributed by atoms with Crippen molar-refractivity contribution >= 4 is 17.0 Å². The lowest BCUT2D eigenvalue weighted by Gasteiger charge is -2.09. The van der Waals surface area contributed by atoms with Gasteiger partial charge in [-0.15, -0.1) is 17.0 Å². The minimum atomic E-state index is 0. The molecule has 0 fully saturated rings. The van der Waals surface area contributed by atoms with Crippen LogP contribution >= 0.6 is 17.0 Å². The summed E-state index contributed by atoms with van der Waals surface area (Å²) in [6.45, 7) is 3.17. The van der Waals surface area contributed by atoms with Gasteiger partial charge in [-0.25, -0.2) is 0 Å². The van der Waals surface area contributed by atoms with Gasteiger partial charge in [-0.3, -0.25) is 4.84 Å². The maximum atomic E-state index is 5.38. The van der Waals surface area contributed by atoms with Crippen LogP contribution in [0.25, 0.3) is 0 Å². The lowest BCUT2D eigenvalue weighted by molar-refractivity contribution is -0.120. The van der Waals surface area contributed by atoms with E-state index in [9.17, 15) is 0 Å². The molecule has 21 heavy (non-hydrogen) atoms. The van der Waals surface area contributed by atoms with Crippen molar-refractivity contribution in [1.82, 2.24) is 5.06 Å². The van der Waals surface area contributed by atoms with Crippen LogP contribution in [0.4, 0.5) is 0 Å². The largest absolute Gasteiger partial charge is 0.300 e. The van der Waals surface area contributed by atoms with Crippen LogP contribution in [0, 0.1) is 0 Å². The Morgan fingerprint density at radius 2 is 0.905 bits per heavy atom. The second kappa shape index (κ2) is 20.4. The average molecular weight is 366 g/mol. The molecule has 0 spiro atoms. The summed E-state index contributed by atoms with van der Waals surface area (Å²) in [6.07, 6.45) is 19.8. The van der Waals surface area contributed by atoms with Crippen molar-refractivity contribution in [3.05, 3.63) is 0 Å². The van der Waals surface area contributed by atoms with E-state index in [0.717, 1.165) is 6.61 Å². The van der Waals surface area contributed by atoms with Crippen molar-refractivity contribution in [3.63, 3.8) is 0 Å². The van der Waals surface area contributed by atoms with E-state index in [1.807, 2.05) is 14.1 Å². The van der Waals surface area contributed by atoms with Gasteiger partial charge in [0.25, 0.3) is 0 Å². The first-order chi connectivity index (χ1) is 9.77. The van der Waals surface area contributed by atoms with Gasteiger partial charge in [-0.2, -0.15) is 5.06 Å². The van der Waals surface area contributed by atoms with E-state index in [0.29, 0.717) is 0 Å². The number of hydrogen-bond acceptors (Lipinski definition) is 2. The van der Waals surface area contributed by atoms with Crippen LogP contribution in [-0.2, 0) is 4.84 Å². The summed E-state index contributed by atoms with van der Waals surface area (Å²) in [5, 5.41) is 1.79. The summed E-state index contributed by atoms with van der Waals surface area (Å²) < 4.78 is 0. The molecule has 0 aliphatic carbocycles. The fourth-order valence-corrected chi connectivity index (χ4v) is 2.54. The molecular formula is C18H40BrNO. The lowest BCUT2D eigenvalue weighted by atomic mass is 10.0. The van der Waals surface area contributed by atoms with Crippen LogP contribution in [0.3, 0.4) is 0 Å². The van der Waals surface area contributed by atoms with Gasteiger partial charge in [-0.1, -0.05) is 90.4 Å². The van der Waals surface area contributed by atoms with Crippen LogP contribution in [0.2, 0.25) is 0 Å². The first-order valence-corrected chi connectivity index (χ1v) is 9.07. The zero-order valence-electron chi connectivity index (χ0n) is 14.9. The summed E-state index contributed by atoms with van der Waals surface area (Å²) in [5.74, 6) is 0. The van der Waals surface area contributed by atoms with Gasteiger partial charge < -0.3 is 0 Å². The summed E-state index contributed by atoms with van der Waals surface area (Å²) in [7, 11) is 3.90. The molecule has 0 aromatic heterocycles. The Labute approximate surface area is 144 Å². The molecule has 0 rings (SSSR count). The molecule has 0 atom stereocenters. The van der Waals surface area contributed by atoms with E-state index in [-0.39, 0.29) is 17.0 Å². The molecule has 0 bridgehead atoms. The maximum absolute atomic E-state index is 5.38. The van der Waals surface area contributed by atoms with Gasteiger partial charge in [0.1, 0.15) is 0 Å². The molecule has 0 aliphatic heterocycles. The molecule has 0 radical (unpaired) electrons. The standard InChI is InChI=1S/C18H39NO.BrH/c1-4-5-6-7-8-9-10-11-12-13-14-15-16-17-18-20-19(2)3;/h4-18H2,1-3H3;1H. The van der Waals surface area contributed by atoms with E-state index >= 15 is 0 Å². The van der Waals surface area contributed by atoms with Crippen LogP contribution in [-0.4, -0.2) is 25.8 Å². The Kier molecular flexibility index (Phi) is 23.0. The van der Waals surface area contributed by atoms with Gasteiger partial charge in [0.15, 0.2) is 0 Å². The summed E-state index contributed by atoms with van der Waals surface area (Å²) in [4.78, 5) is 5.38. The van der Waals surface area contributed by atoms with Crippen molar-refractivity contribution in [1.29, 1.82) is 0 Å². The number of unbranched alkanes of at least 4 members (excludes halogenated alkanes) is 13. The highest BCUT2D eigenvalue weighted by atomic mass is 79.9. The molecule has 0 amide bonds. The fraction of sp³-hybridized carbons (Fsp3) is 1.00. The SMILES string of the molecule is Br.CCCCCCCCCCCCCCCCON(C)C. The quantitative estimate of drug-likeness (QED) is 0.227. The highest BCUT2D eigenvalue weighted by Crippen LogP contribution is 2.12. The highest BCUT2D eigenvalue weighted by molar-refractivity contribution is 8.93. The van der Waals surface area contributed by atoms with Crippen LogP contribution < -0.4 is 0 Å². The monoisotopic (exact) mass is 365 g/mol. The maximum Gasteiger partial charge on any atom is 0.0684 e. The zero-order valence-corrected chi connectivity index (χ0v) is 16.6. The van der Waals surface area contributed by atoms with Crippen molar-refractivity contribution in [2.24, 2.45) is 0 Å². The smallest absolute Gasteiger partial charge is 0.0684 e. The van der Waals surface area contributed by atoms with Crippen molar-refractivity contribution in [3.8, 4) is 0 Å². The first-order valence-electron chi connectivity index (χ1n) is 9.07. The van der Waals surface area contributed by atoms with E-state index in [1.54, 1.807) is 5.06 Å². The van der Waals surface area contributed by atoms with Gasteiger partial charge in [-0.05, 0) is 6.42 Å². The highest BCUT2D eigenvalue weighted by Gasteiger charge is 1.94.